The molecular weight excluding hydrogens is 428 g/mol. The second-order valence-corrected chi connectivity index (χ2v) is 8.02. The highest BCUT2D eigenvalue weighted by Crippen LogP contribution is 2.26. The Bertz CT molecular complexity index is 1460. The first-order valence-electron chi connectivity index (χ1n) is 10.5. The van der Waals surface area contributed by atoms with Gasteiger partial charge in [-0.05, 0) is 41.0 Å². The number of nitrogens with one attached hydrogen (secondary N) is 2. The summed E-state index contributed by atoms with van der Waals surface area (Å²) in [4.78, 5) is 32.7. The minimum Gasteiger partial charge on any atom is -0.354 e. The minimum absolute atomic E-state index is 0.0120. The van der Waals surface area contributed by atoms with Gasteiger partial charge in [0.15, 0.2) is 5.82 Å². The number of fused-ring (bicyclic) bond motifs is 3. The molecule has 4 heterocycles. The van der Waals surface area contributed by atoms with Gasteiger partial charge in [-0.1, -0.05) is 18.2 Å². The van der Waals surface area contributed by atoms with E-state index in [1.165, 1.54) is 29.9 Å². The second kappa shape index (κ2) is 8.25. The number of pyridine rings is 1. The van der Waals surface area contributed by atoms with E-state index in [4.69, 9.17) is 0 Å². The molecule has 1 aliphatic rings. The topological polar surface area (TPSA) is 82.5 Å². The van der Waals surface area contributed by atoms with Crippen molar-refractivity contribution in [3.63, 3.8) is 0 Å². The molecule has 1 atom stereocenters. The Morgan fingerprint density at radius 1 is 1.27 bits per heavy atom. The summed E-state index contributed by atoms with van der Waals surface area (Å²) < 4.78 is 30.4. The van der Waals surface area contributed by atoms with Crippen molar-refractivity contribution in [1.82, 2.24) is 24.6 Å². The Morgan fingerprint density at radius 2 is 2.12 bits per heavy atom. The zero-order valence-electron chi connectivity index (χ0n) is 17.8. The molecule has 4 aromatic rings. The number of carbonyl (C=O) groups excluding carboxylic acids is 1. The van der Waals surface area contributed by atoms with Crippen LogP contribution in [0.5, 0.6) is 0 Å². The number of hydrogen-bond acceptors (Lipinski definition) is 4. The van der Waals surface area contributed by atoms with E-state index in [1.807, 2.05) is 29.2 Å². The first-order valence-corrected chi connectivity index (χ1v) is 10.5. The number of carbonyl (C=O) groups is 1. The Kier molecular flexibility index (Phi) is 5.26. The van der Waals surface area contributed by atoms with Crippen LogP contribution in [0.4, 0.5) is 8.78 Å². The molecule has 1 aliphatic heterocycles. The molecule has 0 saturated heterocycles. The molecule has 33 heavy (non-hydrogen) atoms. The molecule has 1 unspecified atom stereocenters. The van der Waals surface area contributed by atoms with Gasteiger partial charge in [-0.25, -0.2) is 8.78 Å². The fourth-order valence-electron chi connectivity index (χ4n) is 4.27. The van der Waals surface area contributed by atoms with Crippen LogP contribution in [-0.2, 0) is 6.54 Å². The maximum absolute atomic E-state index is 15.0. The summed E-state index contributed by atoms with van der Waals surface area (Å²) in [5, 5.41) is 2.51. The number of amides is 1. The average Bonchev–Trinajstić information content (AvgIpc) is 3.21. The zero-order chi connectivity index (χ0) is 23.1. The summed E-state index contributed by atoms with van der Waals surface area (Å²) in [5.74, 6) is -0.855. The van der Waals surface area contributed by atoms with Crippen LogP contribution < -0.4 is 10.9 Å². The summed E-state index contributed by atoms with van der Waals surface area (Å²) in [7, 11) is 1.53. The lowest BCUT2D eigenvalue weighted by molar-refractivity contribution is 0.0958. The number of benzene rings is 1. The molecule has 2 N–H and O–H groups in total. The fraction of sp³-hybridized carbons (Fsp3) is 0.208. The van der Waals surface area contributed by atoms with Gasteiger partial charge in [0.25, 0.3) is 11.5 Å². The minimum atomic E-state index is -1.20. The molecule has 9 heteroatoms. The molecule has 0 fully saturated rings. The summed E-state index contributed by atoms with van der Waals surface area (Å²) >= 11 is 0. The summed E-state index contributed by atoms with van der Waals surface area (Å²) in [6.45, 7) is 1.25. The van der Waals surface area contributed by atoms with Crippen molar-refractivity contribution >= 4 is 28.0 Å². The number of aromatic amines is 1. The van der Waals surface area contributed by atoms with Gasteiger partial charge in [-0.15, -0.1) is 0 Å². The first-order chi connectivity index (χ1) is 15.9. The normalized spacial score (nSPS) is 16.8. The number of rotatable bonds is 4. The monoisotopic (exact) mass is 449 g/mol. The van der Waals surface area contributed by atoms with E-state index in [0.717, 1.165) is 5.56 Å². The molecule has 3 aromatic heterocycles. The number of nitrogens with zero attached hydrogens (tertiary/aromatic N) is 3. The summed E-state index contributed by atoms with van der Waals surface area (Å²) in [6, 6.07) is 10.1. The molecule has 0 saturated carbocycles. The standard InChI is InChI=1S/C24H21F2N5O2/c1-27-23(32)19-4-3-15(11-28-19)16-6-8-30(13-18(16)26)12-14-2-5-21-20(10-14)29-24(33)22-17(25)7-9-31(21)22/h2-7,9-11,18H,8,12-13H2,1H3,(H,27,32)(H,29,33). The van der Waals surface area contributed by atoms with E-state index in [2.05, 4.69) is 15.3 Å². The second-order valence-electron chi connectivity index (χ2n) is 8.02. The van der Waals surface area contributed by atoms with Gasteiger partial charge < -0.3 is 14.7 Å². The molecule has 0 aliphatic carbocycles. The lowest BCUT2D eigenvalue weighted by Crippen LogP contribution is -2.35. The van der Waals surface area contributed by atoms with Crippen molar-refractivity contribution in [2.75, 3.05) is 20.1 Å². The van der Waals surface area contributed by atoms with Gasteiger partial charge in [0.1, 0.15) is 17.4 Å². The van der Waals surface area contributed by atoms with E-state index < -0.39 is 17.5 Å². The fourth-order valence-corrected chi connectivity index (χ4v) is 4.27. The Hall–Kier alpha value is -3.85. The molecule has 0 spiro atoms. The van der Waals surface area contributed by atoms with Crippen molar-refractivity contribution in [1.29, 1.82) is 0 Å². The molecule has 7 nitrogen and oxygen atoms in total. The third kappa shape index (κ3) is 3.80. The first kappa shape index (κ1) is 21.0. The van der Waals surface area contributed by atoms with Gasteiger partial charge in [0, 0.05) is 39.1 Å². The van der Waals surface area contributed by atoms with Gasteiger partial charge in [0.2, 0.25) is 0 Å². The summed E-state index contributed by atoms with van der Waals surface area (Å²) in [5.41, 5.74) is 3.18. The predicted octanol–water partition coefficient (Wildman–Crippen LogP) is 2.91. The van der Waals surface area contributed by atoms with Crippen LogP contribution in [-0.4, -0.2) is 51.5 Å². The van der Waals surface area contributed by atoms with Crippen molar-refractivity contribution in [3.05, 3.63) is 87.9 Å². The molecule has 0 radical (unpaired) electrons. The third-order valence-electron chi connectivity index (χ3n) is 5.91. The Balaban J connectivity index is 1.35. The number of halogens is 2. The van der Waals surface area contributed by atoms with E-state index >= 15 is 0 Å². The van der Waals surface area contributed by atoms with Crippen LogP contribution in [0.25, 0.3) is 22.1 Å². The highest BCUT2D eigenvalue weighted by Gasteiger charge is 2.24. The SMILES string of the molecule is CNC(=O)c1ccc(C2=CCN(Cc3ccc4c(c3)[nH]c(=O)c3c(F)ccn34)CC2F)cn1. The number of hydrogen-bond donors (Lipinski definition) is 2. The van der Waals surface area contributed by atoms with Crippen LogP contribution in [0, 0.1) is 5.82 Å². The Labute approximate surface area is 187 Å². The smallest absolute Gasteiger partial charge is 0.275 e. The number of aromatic nitrogens is 3. The lowest BCUT2D eigenvalue weighted by atomic mass is 9.98. The molecule has 1 aromatic carbocycles. The van der Waals surface area contributed by atoms with Gasteiger partial charge in [0.05, 0.1) is 11.0 Å². The maximum Gasteiger partial charge on any atom is 0.275 e. The largest absolute Gasteiger partial charge is 0.354 e. The Morgan fingerprint density at radius 3 is 2.85 bits per heavy atom. The van der Waals surface area contributed by atoms with Crippen molar-refractivity contribution in [2.45, 2.75) is 12.7 Å². The lowest BCUT2D eigenvalue weighted by Gasteiger charge is -2.29. The van der Waals surface area contributed by atoms with E-state index in [1.54, 1.807) is 12.1 Å². The molecule has 0 bridgehead atoms. The van der Waals surface area contributed by atoms with Gasteiger partial charge in [-0.2, -0.15) is 0 Å². The van der Waals surface area contributed by atoms with Gasteiger partial charge in [-0.3, -0.25) is 19.5 Å². The maximum atomic E-state index is 15.0. The van der Waals surface area contributed by atoms with Crippen LogP contribution in [0.3, 0.4) is 0 Å². The van der Waals surface area contributed by atoms with E-state index in [-0.39, 0.29) is 23.7 Å². The average molecular weight is 449 g/mol. The highest BCUT2D eigenvalue weighted by atomic mass is 19.1. The number of alkyl halides is 1. The molecule has 168 valence electrons. The predicted molar refractivity (Wildman–Crippen MR) is 121 cm³/mol. The zero-order valence-corrected chi connectivity index (χ0v) is 17.8. The van der Waals surface area contributed by atoms with Crippen molar-refractivity contribution in [2.24, 2.45) is 0 Å². The molecule has 1 amide bonds. The quantitative estimate of drug-likeness (QED) is 0.502. The van der Waals surface area contributed by atoms with Crippen molar-refractivity contribution in [3.8, 4) is 0 Å². The molecular formula is C24H21F2N5O2. The van der Waals surface area contributed by atoms with Crippen molar-refractivity contribution < 1.29 is 13.6 Å². The number of H-pyrrole nitrogens is 1. The molecule has 5 rings (SSSR count). The van der Waals surface area contributed by atoms with Crippen LogP contribution in [0.1, 0.15) is 21.6 Å². The van der Waals surface area contributed by atoms with Crippen LogP contribution >= 0.6 is 0 Å². The highest BCUT2D eigenvalue weighted by molar-refractivity contribution is 5.92. The summed E-state index contributed by atoms with van der Waals surface area (Å²) in [6.07, 6.45) is 3.68. The third-order valence-corrected chi connectivity index (χ3v) is 5.91. The van der Waals surface area contributed by atoms with E-state index in [9.17, 15) is 18.4 Å². The van der Waals surface area contributed by atoms with Crippen LogP contribution in [0.15, 0.2) is 59.7 Å². The van der Waals surface area contributed by atoms with Crippen LogP contribution in [0.2, 0.25) is 0 Å². The van der Waals surface area contributed by atoms with E-state index in [0.29, 0.717) is 35.3 Å². The van der Waals surface area contributed by atoms with Gasteiger partial charge >= 0.3 is 0 Å².